The molecular formula is C19H36ClF4NO2. The molecule has 1 unspecified atom stereocenters. The topological polar surface area (TPSA) is 29.5 Å². The second-order valence-electron chi connectivity index (χ2n) is 8.31. The number of hydrogen-bond acceptors (Lipinski definition) is 2. The molecule has 0 aromatic rings. The Balaban J connectivity index is 0. The molecule has 1 aliphatic carbocycles. The molecule has 1 aliphatic heterocycles. The minimum absolute atomic E-state index is 0. The Hall–Kier alpha value is -0.720. The van der Waals surface area contributed by atoms with E-state index in [0.717, 1.165) is 39.5 Å². The van der Waals surface area contributed by atoms with Gasteiger partial charge in [-0.05, 0) is 53.9 Å². The zero-order chi connectivity index (χ0) is 19.5. The number of ether oxygens (including phenoxy) is 1. The molecule has 0 spiro atoms. The largest absolute Gasteiger partial charge is 0.444 e. The lowest BCUT2D eigenvalue weighted by Gasteiger charge is -2.25. The normalized spacial score (nSPS) is 20.9. The molecule has 164 valence electrons. The SMILES string of the molecule is C.CC(C)(C)OC(=O)N1CCC(C(C)(F)F)C1.CC(F)(F)C1CCCC1.Cl. The second kappa shape index (κ2) is 10.7. The van der Waals surface area contributed by atoms with Crippen molar-refractivity contribution >= 4 is 18.5 Å². The van der Waals surface area contributed by atoms with Gasteiger partial charge in [0.2, 0.25) is 11.8 Å². The summed E-state index contributed by atoms with van der Waals surface area (Å²) < 4.78 is 56.0. The van der Waals surface area contributed by atoms with Crippen LogP contribution in [0.25, 0.3) is 0 Å². The Morgan fingerprint density at radius 2 is 1.33 bits per heavy atom. The number of carbonyl (C=O) groups excluding carboxylic acids is 1. The molecule has 2 fully saturated rings. The maximum atomic E-state index is 13.0. The van der Waals surface area contributed by atoms with Gasteiger partial charge in [0.05, 0.1) is 0 Å². The van der Waals surface area contributed by atoms with Crippen LogP contribution in [0, 0.1) is 11.8 Å². The minimum Gasteiger partial charge on any atom is -0.444 e. The zero-order valence-electron chi connectivity index (χ0n) is 16.3. The zero-order valence-corrected chi connectivity index (χ0v) is 17.1. The summed E-state index contributed by atoms with van der Waals surface area (Å²) in [5.74, 6) is -6.22. The van der Waals surface area contributed by atoms with E-state index in [1.807, 2.05) is 0 Å². The number of hydrogen-bond donors (Lipinski definition) is 0. The fourth-order valence-electron chi connectivity index (χ4n) is 3.10. The molecule has 0 aromatic heterocycles. The first-order valence-corrected chi connectivity index (χ1v) is 8.93. The number of rotatable bonds is 2. The predicted molar refractivity (Wildman–Crippen MR) is 103 cm³/mol. The van der Waals surface area contributed by atoms with Crippen molar-refractivity contribution < 1.29 is 27.1 Å². The van der Waals surface area contributed by atoms with Gasteiger partial charge in [-0.25, -0.2) is 22.4 Å². The predicted octanol–water partition coefficient (Wildman–Crippen LogP) is 6.79. The molecular weight excluding hydrogens is 386 g/mol. The summed E-state index contributed by atoms with van der Waals surface area (Å²) in [4.78, 5) is 12.9. The minimum atomic E-state index is -2.73. The van der Waals surface area contributed by atoms with Gasteiger partial charge in [0.1, 0.15) is 5.60 Å². The van der Waals surface area contributed by atoms with Gasteiger partial charge in [-0.3, -0.25) is 0 Å². The smallest absolute Gasteiger partial charge is 0.410 e. The van der Waals surface area contributed by atoms with Crippen LogP contribution in [0.4, 0.5) is 22.4 Å². The molecule has 1 saturated heterocycles. The lowest BCUT2D eigenvalue weighted by atomic mass is 10.0. The van der Waals surface area contributed by atoms with Gasteiger partial charge in [0, 0.05) is 24.9 Å². The van der Waals surface area contributed by atoms with E-state index in [4.69, 9.17) is 4.74 Å². The van der Waals surface area contributed by atoms with E-state index in [9.17, 15) is 22.4 Å². The maximum Gasteiger partial charge on any atom is 0.410 e. The van der Waals surface area contributed by atoms with Crippen LogP contribution in [0.2, 0.25) is 0 Å². The summed E-state index contributed by atoms with van der Waals surface area (Å²) >= 11 is 0. The van der Waals surface area contributed by atoms with Crippen LogP contribution in [-0.2, 0) is 4.74 Å². The molecule has 0 N–H and O–H groups in total. The van der Waals surface area contributed by atoms with Crippen LogP contribution in [0.3, 0.4) is 0 Å². The van der Waals surface area contributed by atoms with Crippen LogP contribution < -0.4 is 0 Å². The standard InChI is InChI=1S/C11H19F2NO2.C7H12F2.CH4.ClH/c1-10(2,3)16-9(15)14-6-5-8(7-14)11(4,12)13;1-7(8,9)6-4-2-3-5-6;;/h8H,5-7H2,1-4H3;6H,2-5H2,1H3;1H4;1H. The summed E-state index contributed by atoms with van der Waals surface area (Å²) in [6.07, 6.45) is 3.28. The number of alkyl halides is 4. The molecule has 1 heterocycles. The third-order valence-corrected chi connectivity index (χ3v) is 4.63. The number of likely N-dealkylation sites (tertiary alicyclic amines) is 1. The second-order valence-corrected chi connectivity index (χ2v) is 8.31. The van der Waals surface area contributed by atoms with Crippen LogP contribution in [0.1, 0.15) is 74.1 Å². The Bertz CT molecular complexity index is 438. The van der Waals surface area contributed by atoms with E-state index in [2.05, 4.69) is 0 Å². The van der Waals surface area contributed by atoms with E-state index in [-0.39, 0.29) is 32.3 Å². The van der Waals surface area contributed by atoms with Gasteiger partial charge < -0.3 is 9.64 Å². The molecule has 0 aromatic carbocycles. The molecule has 0 bridgehead atoms. The van der Waals surface area contributed by atoms with Crippen molar-refractivity contribution in [2.75, 3.05) is 13.1 Å². The highest BCUT2D eigenvalue weighted by Gasteiger charge is 2.41. The van der Waals surface area contributed by atoms with E-state index in [1.165, 1.54) is 4.90 Å². The monoisotopic (exact) mass is 421 g/mol. The van der Waals surface area contributed by atoms with Crippen molar-refractivity contribution in [1.82, 2.24) is 4.90 Å². The Morgan fingerprint density at radius 1 is 0.889 bits per heavy atom. The van der Waals surface area contributed by atoms with Gasteiger partial charge in [-0.2, -0.15) is 0 Å². The van der Waals surface area contributed by atoms with Gasteiger partial charge >= 0.3 is 6.09 Å². The van der Waals surface area contributed by atoms with E-state index in [0.29, 0.717) is 13.0 Å². The Kier molecular flexibility index (Phi) is 11.3. The summed E-state index contributed by atoms with van der Waals surface area (Å²) in [6.45, 7) is 7.63. The molecule has 2 rings (SSSR count). The average Bonchev–Trinajstić information content (AvgIpc) is 3.08. The van der Waals surface area contributed by atoms with E-state index >= 15 is 0 Å². The first-order chi connectivity index (χ1) is 11.2. The highest BCUT2D eigenvalue weighted by molar-refractivity contribution is 5.85. The molecule has 1 amide bonds. The number of amides is 1. The van der Waals surface area contributed by atoms with Crippen LogP contribution >= 0.6 is 12.4 Å². The fourth-order valence-corrected chi connectivity index (χ4v) is 3.10. The lowest BCUT2D eigenvalue weighted by molar-refractivity contribution is -0.0371. The third-order valence-electron chi connectivity index (χ3n) is 4.63. The average molecular weight is 422 g/mol. The van der Waals surface area contributed by atoms with Crippen LogP contribution in [0.15, 0.2) is 0 Å². The molecule has 8 heteroatoms. The van der Waals surface area contributed by atoms with Crippen molar-refractivity contribution in [1.29, 1.82) is 0 Å². The molecule has 27 heavy (non-hydrogen) atoms. The highest BCUT2D eigenvalue weighted by Crippen LogP contribution is 2.37. The summed E-state index contributed by atoms with van der Waals surface area (Å²) in [6, 6.07) is 0. The Labute approximate surface area is 167 Å². The van der Waals surface area contributed by atoms with Crippen LogP contribution in [0.5, 0.6) is 0 Å². The lowest BCUT2D eigenvalue weighted by Crippen LogP contribution is -2.36. The molecule has 3 nitrogen and oxygen atoms in total. The molecule has 0 radical (unpaired) electrons. The summed E-state index contributed by atoms with van der Waals surface area (Å²) in [7, 11) is 0. The first-order valence-electron chi connectivity index (χ1n) is 8.93. The maximum absolute atomic E-state index is 13.0. The number of nitrogens with zero attached hydrogens (tertiary/aromatic N) is 1. The molecule has 1 atom stereocenters. The van der Waals surface area contributed by atoms with Crippen molar-refractivity contribution in [2.45, 2.75) is 91.6 Å². The highest BCUT2D eigenvalue weighted by atomic mass is 35.5. The van der Waals surface area contributed by atoms with Crippen molar-refractivity contribution in [3.8, 4) is 0 Å². The van der Waals surface area contributed by atoms with Crippen LogP contribution in [-0.4, -0.2) is 41.5 Å². The van der Waals surface area contributed by atoms with Crippen molar-refractivity contribution in [3.63, 3.8) is 0 Å². The van der Waals surface area contributed by atoms with Gasteiger partial charge in [0.15, 0.2) is 0 Å². The molecule has 2 aliphatic rings. The van der Waals surface area contributed by atoms with Gasteiger partial charge in [0.25, 0.3) is 0 Å². The third kappa shape index (κ3) is 10.4. The quantitative estimate of drug-likeness (QED) is 0.459. The number of halogens is 5. The first kappa shape index (κ1) is 28.5. The van der Waals surface area contributed by atoms with E-state index in [1.54, 1.807) is 20.8 Å². The van der Waals surface area contributed by atoms with Gasteiger partial charge in [-0.15, -0.1) is 12.4 Å². The van der Waals surface area contributed by atoms with Crippen molar-refractivity contribution in [3.05, 3.63) is 0 Å². The van der Waals surface area contributed by atoms with Crippen molar-refractivity contribution in [2.24, 2.45) is 11.8 Å². The van der Waals surface area contributed by atoms with Gasteiger partial charge in [-0.1, -0.05) is 20.3 Å². The fraction of sp³-hybridized carbons (Fsp3) is 0.947. The van der Waals surface area contributed by atoms with E-state index < -0.39 is 29.5 Å². The molecule has 1 saturated carbocycles. The summed E-state index contributed by atoms with van der Waals surface area (Å²) in [5.41, 5.74) is -0.579. The number of carbonyl (C=O) groups is 1. The Morgan fingerprint density at radius 3 is 1.63 bits per heavy atom. The summed E-state index contributed by atoms with van der Waals surface area (Å²) in [5, 5.41) is 0.